The Morgan fingerprint density at radius 3 is 2.65 bits per heavy atom. The monoisotopic (exact) mass is 390 g/mol. The average molecular weight is 391 g/mol. The van der Waals surface area contributed by atoms with Crippen molar-refractivity contribution in [2.45, 2.75) is 25.0 Å². The molecule has 0 spiro atoms. The topological polar surface area (TPSA) is 39.7 Å². The van der Waals surface area contributed by atoms with Gasteiger partial charge in [-0.25, -0.2) is 0 Å². The number of piperazine rings is 1. The van der Waals surface area contributed by atoms with Crippen LogP contribution in [0.1, 0.15) is 19.8 Å². The first kappa shape index (κ1) is 18.1. The molecule has 2 fully saturated rings. The largest absolute Gasteiger partial charge is 0.353 e. The van der Waals surface area contributed by atoms with Crippen molar-refractivity contribution >= 4 is 45.1 Å². The van der Waals surface area contributed by atoms with Gasteiger partial charge in [0, 0.05) is 38.1 Å². The fraction of sp³-hybridized carbons (Fsp3) is 0.579. The molecule has 0 radical (unpaired) electrons. The molecule has 1 amide bonds. The number of aromatic nitrogens is 1. The molecular weight excluding hydrogens is 364 g/mol. The van der Waals surface area contributed by atoms with E-state index < -0.39 is 0 Å². The van der Waals surface area contributed by atoms with Gasteiger partial charge < -0.3 is 9.80 Å². The van der Waals surface area contributed by atoms with E-state index in [9.17, 15) is 4.79 Å². The third-order valence-electron chi connectivity index (χ3n) is 5.32. The Bertz CT molecular complexity index is 757. The first-order chi connectivity index (χ1) is 12.7. The molecule has 7 heteroatoms. The van der Waals surface area contributed by atoms with Gasteiger partial charge in [0.05, 0.1) is 15.8 Å². The van der Waals surface area contributed by atoms with Crippen LogP contribution in [0.2, 0.25) is 0 Å². The molecule has 0 N–H and O–H groups in total. The predicted octanol–water partition coefficient (Wildman–Crippen LogP) is 3.12. The van der Waals surface area contributed by atoms with Crippen LogP contribution in [-0.4, -0.2) is 70.5 Å². The van der Waals surface area contributed by atoms with Crippen LogP contribution in [-0.2, 0) is 4.79 Å². The van der Waals surface area contributed by atoms with Crippen LogP contribution in [0.15, 0.2) is 24.3 Å². The maximum absolute atomic E-state index is 11.9. The van der Waals surface area contributed by atoms with Gasteiger partial charge in [-0.3, -0.25) is 9.69 Å². The summed E-state index contributed by atoms with van der Waals surface area (Å²) >= 11 is 3.35. The van der Waals surface area contributed by atoms with Crippen LogP contribution in [0.3, 0.4) is 0 Å². The summed E-state index contributed by atoms with van der Waals surface area (Å²) in [6, 6.07) is 8.51. The molecule has 1 aromatic carbocycles. The SMILES string of the molecule is CC1SCN(CCCCN2CCN(c3nsc4ccccc34)CC2)C1=O. The van der Waals surface area contributed by atoms with E-state index in [2.05, 4.69) is 38.4 Å². The Morgan fingerprint density at radius 2 is 1.88 bits per heavy atom. The molecule has 1 unspecified atom stereocenters. The molecule has 2 saturated heterocycles. The van der Waals surface area contributed by atoms with E-state index in [1.54, 1.807) is 23.3 Å². The zero-order valence-corrected chi connectivity index (χ0v) is 16.9. The Kier molecular flexibility index (Phi) is 5.66. The van der Waals surface area contributed by atoms with Crippen molar-refractivity contribution in [3.63, 3.8) is 0 Å². The Morgan fingerprint density at radius 1 is 1.12 bits per heavy atom. The highest BCUT2D eigenvalue weighted by Crippen LogP contribution is 2.29. The van der Waals surface area contributed by atoms with E-state index in [0.29, 0.717) is 5.91 Å². The zero-order chi connectivity index (χ0) is 17.9. The number of hydrogen-bond acceptors (Lipinski definition) is 6. The molecule has 2 aromatic rings. The van der Waals surface area contributed by atoms with Crippen molar-refractivity contribution in [3.05, 3.63) is 24.3 Å². The lowest BCUT2D eigenvalue weighted by Gasteiger charge is -2.35. The third kappa shape index (κ3) is 3.85. The quantitative estimate of drug-likeness (QED) is 0.709. The maximum atomic E-state index is 11.9. The Hall–Kier alpha value is -1.31. The van der Waals surface area contributed by atoms with Crippen LogP contribution < -0.4 is 4.90 Å². The average Bonchev–Trinajstić information content (AvgIpc) is 3.24. The second kappa shape index (κ2) is 8.15. The number of benzene rings is 1. The van der Waals surface area contributed by atoms with Crippen LogP contribution in [0.5, 0.6) is 0 Å². The number of unbranched alkanes of at least 4 members (excludes halogenated alkanes) is 1. The number of anilines is 1. The highest BCUT2D eigenvalue weighted by atomic mass is 32.2. The summed E-state index contributed by atoms with van der Waals surface area (Å²) in [7, 11) is 0. The minimum Gasteiger partial charge on any atom is -0.353 e. The molecule has 4 rings (SSSR count). The predicted molar refractivity (Wildman–Crippen MR) is 111 cm³/mol. The van der Waals surface area contributed by atoms with Gasteiger partial charge in [-0.15, -0.1) is 11.8 Å². The number of fused-ring (bicyclic) bond motifs is 1. The van der Waals surface area contributed by atoms with Gasteiger partial charge in [0.15, 0.2) is 0 Å². The zero-order valence-electron chi connectivity index (χ0n) is 15.3. The van der Waals surface area contributed by atoms with Crippen molar-refractivity contribution < 1.29 is 4.79 Å². The van der Waals surface area contributed by atoms with E-state index in [1.165, 1.54) is 16.5 Å². The molecule has 0 aliphatic carbocycles. The summed E-state index contributed by atoms with van der Waals surface area (Å²) in [5.41, 5.74) is 0. The van der Waals surface area contributed by atoms with E-state index in [0.717, 1.165) is 57.4 Å². The molecule has 26 heavy (non-hydrogen) atoms. The molecule has 2 aliphatic rings. The van der Waals surface area contributed by atoms with Crippen LogP contribution in [0.25, 0.3) is 10.1 Å². The molecule has 0 saturated carbocycles. The van der Waals surface area contributed by atoms with Crippen molar-refractivity contribution in [1.29, 1.82) is 0 Å². The van der Waals surface area contributed by atoms with Gasteiger partial charge in [-0.2, -0.15) is 4.37 Å². The number of carbonyl (C=O) groups excluding carboxylic acids is 1. The fourth-order valence-corrected chi connectivity index (χ4v) is 5.44. The molecule has 0 bridgehead atoms. The molecular formula is C19H26N4OS2. The van der Waals surface area contributed by atoms with Gasteiger partial charge in [-0.1, -0.05) is 12.1 Å². The van der Waals surface area contributed by atoms with Gasteiger partial charge in [0.25, 0.3) is 0 Å². The highest BCUT2D eigenvalue weighted by molar-refractivity contribution is 8.01. The second-order valence-corrected chi connectivity index (χ2v) is 9.18. The molecule has 140 valence electrons. The molecule has 1 aromatic heterocycles. The van der Waals surface area contributed by atoms with E-state index in [1.807, 2.05) is 11.8 Å². The van der Waals surface area contributed by atoms with Crippen LogP contribution in [0, 0.1) is 0 Å². The summed E-state index contributed by atoms with van der Waals surface area (Å²) in [6.07, 6.45) is 2.28. The molecule has 5 nitrogen and oxygen atoms in total. The van der Waals surface area contributed by atoms with Crippen LogP contribution in [0.4, 0.5) is 5.82 Å². The smallest absolute Gasteiger partial charge is 0.236 e. The van der Waals surface area contributed by atoms with Gasteiger partial charge in [0.1, 0.15) is 5.82 Å². The highest BCUT2D eigenvalue weighted by Gasteiger charge is 2.28. The van der Waals surface area contributed by atoms with Crippen molar-refractivity contribution in [2.24, 2.45) is 0 Å². The minimum atomic E-state index is 0.157. The number of rotatable bonds is 6. The Balaban J connectivity index is 1.20. The van der Waals surface area contributed by atoms with Crippen molar-refractivity contribution in [2.75, 3.05) is 50.0 Å². The molecule has 2 aliphatic heterocycles. The summed E-state index contributed by atoms with van der Waals surface area (Å²) in [6.45, 7) is 8.36. The van der Waals surface area contributed by atoms with E-state index in [-0.39, 0.29) is 5.25 Å². The summed E-state index contributed by atoms with van der Waals surface area (Å²) in [5.74, 6) is 2.35. The maximum Gasteiger partial charge on any atom is 0.236 e. The summed E-state index contributed by atoms with van der Waals surface area (Å²) in [4.78, 5) is 18.9. The molecule has 3 heterocycles. The van der Waals surface area contributed by atoms with Gasteiger partial charge >= 0.3 is 0 Å². The first-order valence-corrected chi connectivity index (χ1v) is 11.3. The van der Waals surface area contributed by atoms with E-state index in [4.69, 9.17) is 0 Å². The van der Waals surface area contributed by atoms with Crippen molar-refractivity contribution in [1.82, 2.24) is 14.2 Å². The standard InChI is InChI=1S/C19H26N4OS2/c1-15-19(24)23(14-25-15)9-5-4-8-21-10-12-22(13-11-21)18-16-6-2-3-7-17(16)26-20-18/h2-3,6-7,15H,4-5,8-14H2,1H3. The Labute approximate surface area is 163 Å². The lowest BCUT2D eigenvalue weighted by atomic mass is 10.2. The summed E-state index contributed by atoms with van der Waals surface area (Å²) < 4.78 is 5.96. The molecule has 1 atom stereocenters. The number of amides is 1. The summed E-state index contributed by atoms with van der Waals surface area (Å²) in [5, 5.41) is 1.44. The van der Waals surface area contributed by atoms with Crippen LogP contribution >= 0.6 is 23.3 Å². The number of carbonyl (C=O) groups is 1. The lowest BCUT2D eigenvalue weighted by molar-refractivity contribution is -0.128. The minimum absolute atomic E-state index is 0.157. The second-order valence-electron chi connectivity index (χ2n) is 7.08. The number of thioether (sulfide) groups is 1. The van der Waals surface area contributed by atoms with Gasteiger partial charge in [-0.05, 0) is 50.0 Å². The number of hydrogen-bond donors (Lipinski definition) is 0. The van der Waals surface area contributed by atoms with Gasteiger partial charge in [0.2, 0.25) is 5.91 Å². The third-order valence-corrected chi connectivity index (χ3v) is 7.30. The lowest BCUT2D eigenvalue weighted by Crippen LogP contribution is -2.46. The van der Waals surface area contributed by atoms with E-state index >= 15 is 0 Å². The van der Waals surface area contributed by atoms with Crippen molar-refractivity contribution in [3.8, 4) is 0 Å². The fourth-order valence-electron chi connectivity index (χ4n) is 3.69. The number of nitrogens with zero attached hydrogens (tertiary/aromatic N) is 4. The normalized spacial score (nSPS) is 21.9. The first-order valence-electron chi connectivity index (χ1n) is 9.44.